The monoisotopic (exact) mass is 390 g/mol. The van der Waals surface area contributed by atoms with E-state index in [0.717, 1.165) is 41.9 Å². The Morgan fingerprint density at radius 3 is 1.32 bits per heavy atom. The highest BCUT2D eigenvalue weighted by Gasteiger charge is 2.41. The standard InChI is InChI=1S/C27H47F/c1-18-4-7-21(8-5-18)22-9-11-23(12-10-22)24-13-15-25(16-14-24)26-17-6-19(2)27(28)20(26)3/h18-27H,4-17H2,1-3H3. The molecule has 4 rings (SSSR count). The van der Waals surface area contributed by atoms with Crippen LogP contribution in [0.5, 0.6) is 0 Å². The number of hydrogen-bond donors (Lipinski definition) is 0. The van der Waals surface area contributed by atoms with Crippen molar-refractivity contribution in [2.24, 2.45) is 53.3 Å². The third-order valence-electron chi connectivity index (χ3n) is 10.3. The zero-order chi connectivity index (χ0) is 19.7. The van der Waals surface area contributed by atoms with Gasteiger partial charge < -0.3 is 0 Å². The van der Waals surface area contributed by atoms with Crippen LogP contribution in [0.15, 0.2) is 0 Å². The molecule has 1 heteroatoms. The lowest BCUT2D eigenvalue weighted by Gasteiger charge is -2.45. The highest BCUT2D eigenvalue weighted by atomic mass is 19.1. The van der Waals surface area contributed by atoms with Gasteiger partial charge in [-0.25, -0.2) is 4.39 Å². The molecule has 0 saturated heterocycles. The van der Waals surface area contributed by atoms with Crippen molar-refractivity contribution in [1.29, 1.82) is 0 Å². The lowest BCUT2D eigenvalue weighted by atomic mass is 9.61. The summed E-state index contributed by atoms with van der Waals surface area (Å²) < 4.78 is 14.6. The van der Waals surface area contributed by atoms with Crippen molar-refractivity contribution in [3.05, 3.63) is 0 Å². The van der Waals surface area contributed by atoms with Gasteiger partial charge in [-0.3, -0.25) is 0 Å². The van der Waals surface area contributed by atoms with Crippen LogP contribution >= 0.6 is 0 Å². The Morgan fingerprint density at radius 2 is 0.857 bits per heavy atom. The number of hydrogen-bond acceptors (Lipinski definition) is 0. The fourth-order valence-electron chi connectivity index (χ4n) is 8.19. The van der Waals surface area contributed by atoms with Gasteiger partial charge in [-0.1, -0.05) is 33.6 Å². The SMILES string of the molecule is CC1CCC(C2CCC(C3CCC(C4CCC(C)C(F)C4C)CC3)CC2)CC1. The number of rotatable bonds is 3. The molecule has 0 aromatic rings. The first-order valence-corrected chi connectivity index (χ1v) is 13.2. The second kappa shape index (κ2) is 9.38. The van der Waals surface area contributed by atoms with Crippen LogP contribution in [0.2, 0.25) is 0 Å². The van der Waals surface area contributed by atoms with Gasteiger partial charge in [-0.2, -0.15) is 0 Å². The summed E-state index contributed by atoms with van der Waals surface area (Å²) in [5.74, 6) is 7.26. The van der Waals surface area contributed by atoms with Crippen LogP contribution in [-0.4, -0.2) is 6.17 Å². The molecule has 28 heavy (non-hydrogen) atoms. The summed E-state index contributed by atoms with van der Waals surface area (Å²) in [6.45, 7) is 6.79. The molecule has 0 aliphatic heterocycles. The predicted octanol–water partition coefficient (Wildman–Crippen LogP) is 8.45. The van der Waals surface area contributed by atoms with Gasteiger partial charge in [0, 0.05) is 0 Å². The van der Waals surface area contributed by atoms with E-state index in [1.165, 1.54) is 83.5 Å². The fourth-order valence-corrected chi connectivity index (χ4v) is 8.19. The average molecular weight is 391 g/mol. The van der Waals surface area contributed by atoms with E-state index in [9.17, 15) is 4.39 Å². The molecule has 0 bridgehead atoms. The summed E-state index contributed by atoms with van der Waals surface area (Å²) in [4.78, 5) is 0. The molecule has 0 N–H and O–H groups in total. The molecule has 0 amide bonds. The quantitative estimate of drug-likeness (QED) is 0.453. The van der Waals surface area contributed by atoms with E-state index < -0.39 is 6.17 Å². The second-order valence-electron chi connectivity index (χ2n) is 11.9. The molecule has 4 unspecified atom stereocenters. The largest absolute Gasteiger partial charge is 0.247 e. The first-order valence-electron chi connectivity index (χ1n) is 13.2. The minimum atomic E-state index is -0.547. The van der Waals surface area contributed by atoms with E-state index in [1.54, 1.807) is 0 Å². The normalized spacial score (nSPS) is 51.0. The Bertz CT molecular complexity index is 463. The Balaban J connectivity index is 1.21. The van der Waals surface area contributed by atoms with Crippen LogP contribution in [0.4, 0.5) is 4.39 Å². The molecule has 0 aromatic heterocycles. The molecule has 4 aliphatic carbocycles. The van der Waals surface area contributed by atoms with E-state index in [4.69, 9.17) is 0 Å². The smallest absolute Gasteiger partial charge is 0.105 e. The van der Waals surface area contributed by atoms with Gasteiger partial charge in [0.05, 0.1) is 0 Å². The van der Waals surface area contributed by atoms with E-state index in [2.05, 4.69) is 20.8 Å². The fraction of sp³-hybridized carbons (Fsp3) is 1.00. The third-order valence-corrected chi connectivity index (χ3v) is 10.3. The van der Waals surface area contributed by atoms with Crippen LogP contribution < -0.4 is 0 Å². The predicted molar refractivity (Wildman–Crippen MR) is 118 cm³/mol. The van der Waals surface area contributed by atoms with Crippen LogP contribution in [0.3, 0.4) is 0 Å². The molecule has 0 radical (unpaired) electrons. The van der Waals surface area contributed by atoms with Crippen molar-refractivity contribution < 1.29 is 4.39 Å². The number of halogens is 1. The lowest BCUT2D eigenvalue weighted by molar-refractivity contribution is 0.0188. The molecule has 0 aromatic carbocycles. The van der Waals surface area contributed by atoms with E-state index >= 15 is 0 Å². The van der Waals surface area contributed by atoms with E-state index in [0.29, 0.717) is 17.8 Å². The van der Waals surface area contributed by atoms with Crippen molar-refractivity contribution in [1.82, 2.24) is 0 Å². The van der Waals surface area contributed by atoms with Crippen LogP contribution in [-0.2, 0) is 0 Å². The summed E-state index contributed by atoms with van der Waals surface area (Å²) in [7, 11) is 0. The summed E-state index contributed by atoms with van der Waals surface area (Å²) in [5, 5.41) is 0. The molecule has 0 heterocycles. The summed E-state index contributed by atoms with van der Waals surface area (Å²) in [6, 6.07) is 0. The van der Waals surface area contributed by atoms with Crippen molar-refractivity contribution in [3.8, 4) is 0 Å². The van der Waals surface area contributed by atoms with Crippen molar-refractivity contribution in [2.45, 2.75) is 117 Å². The molecular formula is C27H47F. The molecule has 162 valence electrons. The Hall–Kier alpha value is -0.0700. The van der Waals surface area contributed by atoms with Gasteiger partial charge in [0.25, 0.3) is 0 Å². The van der Waals surface area contributed by atoms with Gasteiger partial charge in [0.2, 0.25) is 0 Å². The molecule has 0 nitrogen and oxygen atoms in total. The number of alkyl halides is 1. The van der Waals surface area contributed by atoms with Crippen LogP contribution in [0.1, 0.15) is 111 Å². The second-order valence-corrected chi connectivity index (χ2v) is 11.9. The first-order chi connectivity index (χ1) is 13.5. The van der Waals surface area contributed by atoms with Gasteiger partial charge in [-0.15, -0.1) is 0 Å². The third kappa shape index (κ3) is 4.64. The molecule has 4 aliphatic rings. The molecule has 4 atom stereocenters. The summed E-state index contributed by atoms with van der Waals surface area (Å²) in [6.07, 6.45) is 19.7. The zero-order valence-electron chi connectivity index (χ0n) is 19.1. The van der Waals surface area contributed by atoms with Crippen molar-refractivity contribution in [3.63, 3.8) is 0 Å². The zero-order valence-corrected chi connectivity index (χ0v) is 19.1. The maximum atomic E-state index is 14.6. The van der Waals surface area contributed by atoms with Crippen LogP contribution in [0.25, 0.3) is 0 Å². The minimum Gasteiger partial charge on any atom is -0.247 e. The Kier molecular flexibility index (Phi) is 7.09. The van der Waals surface area contributed by atoms with Gasteiger partial charge in [-0.05, 0) is 130 Å². The maximum Gasteiger partial charge on any atom is 0.105 e. The summed E-state index contributed by atoms with van der Waals surface area (Å²) in [5.41, 5.74) is 0. The van der Waals surface area contributed by atoms with Gasteiger partial charge in [0.1, 0.15) is 6.17 Å². The van der Waals surface area contributed by atoms with Crippen molar-refractivity contribution >= 4 is 0 Å². The molecule has 0 spiro atoms. The molecular weight excluding hydrogens is 343 g/mol. The van der Waals surface area contributed by atoms with Crippen molar-refractivity contribution in [2.75, 3.05) is 0 Å². The molecule has 4 fully saturated rings. The molecule has 4 saturated carbocycles. The van der Waals surface area contributed by atoms with Gasteiger partial charge >= 0.3 is 0 Å². The van der Waals surface area contributed by atoms with Crippen LogP contribution in [0, 0.1) is 53.3 Å². The summed E-state index contributed by atoms with van der Waals surface area (Å²) >= 11 is 0. The maximum absolute atomic E-state index is 14.6. The van der Waals surface area contributed by atoms with Gasteiger partial charge in [0.15, 0.2) is 0 Å². The Morgan fingerprint density at radius 1 is 0.464 bits per heavy atom. The average Bonchev–Trinajstić information content (AvgIpc) is 2.73. The topological polar surface area (TPSA) is 0 Å². The highest BCUT2D eigenvalue weighted by molar-refractivity contribution is 4.91. The highest BCUT2D eigenvalue weighted by Crippen LogP contribution is 2.49. The minimum absolute atomic E-state index is 0.296. The lowest BCUT2D eigenvalue weighted by Crippen LogP contribution is -2.38. The first kappa shape index (κ1) is 21.2. The Labute approximate surface area is 174 Å². The van der Waals surface area contributed by atoms with E-state index in [-0.39, 0.29) is 0 Å². The van der Waals surface area contributed by atoms with E-state index in [1.807, 2.05) is 0 Å².